The molecule has 1 aromatic heterocycles. The Balaban J connectivity index is 1.93. The van der Waals surface area contributed by atoms with Crippen molar-refractivity contribution in [3.63, 3.8) is 0 Å². The molecule has 1 fully saturated rings. The SMILES string of the molecule is CC1CCCC(CN)(CN(C)Cc2csc(Br)c2)C1. The predicted octanol–water partition coefficient (Wildman–Crippen LogP) is 4.10. The van der Waals surface area contributed by atoms with Crippen molar-refractivity contribution in [2.24, 2.45) is 17.1 Å². The van der Waals surface area contributed by atoms with E-state index in [0.717, 1.165) is 25.6 Å². The van der Waals surface area contributed by atoms with E-state index in [0.29, 0.717) is 5.41 Å². The minimum absolute atomic E-state index is 0.347. The third-order valence-corrected chi connectivity index (χ3v) is 5.85. The molecule has 1 saturated carbocycles. The summed E-state index contributed by atoms with van der Waals surface area (Å²) in [5.74, 6) is 0.834. The molecule has 2 nitrogen and oxygen atoms in total. The Labute approximate surface area is 129 Å². The van der Waals surface area contributed by atoms with Gasteiger partial charge in [-0.05, 0) is 70.7 Å². The highest BCUT2D eigenvalue weighted by Crippen LogP contribution is 2.39. The summed E-state index contributed by atoms with van der Waals surface area (Å²) in [4.78, 5) is 2.44. The van der Waals surface area contributed by atoms with Gasteiger partial charge in [-0.15, -0.1) is 11.3 Å². The van der Waals surface area contributed by atoms with Crippen molar-refractivity contribution < 1.29 is 0 Å². The van der Waals surface area contributed by atoms with Gasteiger partial charge in [-0.3, -0.25) is 0 Å². The second kappa shape index (κ2) is 6.70. The molecule has 0 spiro atoms. The van der Waals surface area contributed by atoms with Gasteiger partial charge >= 0.3 is 0 Å². The zero-order valence-corrected chi connectivity index (χ0v) is 14.4. The summed E-state index contributed by atoms with van der Waals surface area (Å²) in [6.45, 7) is 5.36. The maximum absolute atomic E-state index is 6.11. The first kappa shape index (κ1) is 15.5. The molecule has 0 aromatic carbocycles. The molecule has 2 rings (SSSR count). The lowest BCUT2D eigenvalue weighted by atomic mass is 9.70. The van der Waals surface area contributed by atoms with Crippen LogP contribution < -0.4 is 5.73 Å². The van der Waals surface area contributed by atoms with Crippen molar-refractivity contribution in [2.75, 3.05) is 20.1 Å². The quantitative estimate of drug-likeness (QED) is 0.871. The molecule has 4 heteroatoms. The standard InChI is InChI=1S/C15H25BrN2S/c1-12-4-3-5-15(7-12,10-17)11-18(2)8-13-6-14(16)19-9-13/h6,9,12H,3-5,7-8,10-11,17H2,1-2H3. The van der Waals surface area contributed by atoms with E-state index < -0.39 is 0 Å². The summed E-state index contributed by atoms with van der Waals surface area (Å²) >= 11 is 5.30. The molecule has 2 unspecified atom stereocenters. The number of hydrogen-bond acceptors (Lipinski definition) is 3. The number of hydrogen-bond donors (Lipinski definition) is 1. The number of nitrogens with two attached hydrogens (primary N) is 1. The van der Waals surface area contributed by atoms with Crippen LogP contribution in [0, 0.1) is 11.3 Å². The second-order valence-electron chi connectivity index (χ2n) is 6.34. The van der Waals surface area contributed by atoms with E-state index in [-0.39, 0.29) is 0 Å². The second-order valence-corrected chi connectivity index (χ2v) is 8.63. The summed E-state index contributed by atoms with van der Waals surface area (Å²) < 4.78 is 1.22. The highest BCUT2D eigenvalue weighted by Gasteiger charge is 2.34. The minimum atomic E-state index is 0.347. The zero-order valence-electron chi connectivity index (χ0n) is 12.0. The maximum atomic E-state index is 6.11. The predicted molar refractivity (Wildman–Crippen MR) is 87.5 cm³/mol. The number of thiophene rings is 1. The average Bonchev–Trinajstić information content (AvgIpc) is 2.74. The number of halogens is 1. The maximum Gasteiger partial charge on any atom is 0.0701 e. The largest absolute Gasteiger partial charge is 0.330 e. The molecular weight excluding hydrogens is 320 g/mol. The average molecular weight is 345 g/mol. The Morgan fingerprint density at radius 1 is 1.58 bits per heavy atom. The summed E-state index contributed by atoms with van der Waals surface area (Å²) in [5.41, 5.74) is 7.86. The van der Waals surface area contributed by atoms with Crippen molar-refractivity contribution in [3.05, 3.63) is 20.8 Å². The van der Waals surface area contributed by atoms with Gasteiger partial charge in [0.25, 0.3) is 0 Å². The Hall–Kier alpha value is 0.100. The molecule has 2 N–H and O–H groups in total. The Morgan fingerprint density at radius 2 is 2.37 bits per heavy atom. The first-order chi connectivity index (χ1) is 9.03. The van der Waals surface area contributed by atoms with Crippen molar-refractivity contribution in [1.82, 2.24) is 4.90 Å². The Kier molecular flexibility index (Phi) is 5.46. The number of nitrogens with zero attached hydrogens (tertiary/aromatic N) is 1. The van der Waals surface area contributed by atoms with Gasteiger partial charge in [0.15, 0.2) is 0 Å². The fourth-order valence-electron chi connectivity index (χ4n) is 3.53. The van der Waals surface area contributed by atoms with E-state index in [1.54, 1.807) is 11.3 Å². The fourth-order valence-corrected chi connectivity index (χ4v) is 4.73. The monoisotopic (exact) mass is 344 g/mol. The molecule has 108 valence electrons. The van der Waals surface area contributed by atoms with E-state index in [4.69, 9.17) is 5.73 Å². The summed E-state index contributed by atoms with van der Waals surface area (Å²) in [6, 6.07) is 2.22. The van der Waals surface area contributed by atoms with Gasteiger partial charge < -0.3 is 10.6 Å². The third-order valence-electron chi connectivity index (χ3n) is 4.30. The highest BCUT2D eigenvalue weighted by molar-refractivity contribution is 9.11. The van der Waals surface area contributed by atoms with Gasteiger partial charge in [0.05, 0.1) is 3.79 Å². The van der Waals surface area contributed by atoms with E-state index >= 15 is 0 Å². The molecule has 0 amide bonds. The van der Waals surface area contributed by atoms with Gasteiger partial charge in [0.2, 0.25) is 0 Å². The van der Waals surface area contributed by atoms with Crippen LogP contribution >= 0.6 is 27.3 Å². The molecule has 1 aliphatic rings. The first-order valence-electron chi connectivity index (χ1n) is 7.14. The van der Waals surface area contributed by atoms with E-state index in [1.165, 1.54) is 35.0 Å². The lowest BCUT2D eigenvalue weighted by Gasteiger charge is -2.41. The molecule has 0 aliphatic heterocycles. The van der Waals surface area contributed by atoms with Gasteiger partial charge in [0, 0.05) is 13.1 Å². The minimum Gasteiger partial charge on any atom is -0.330 e. The lowest BCUT2D eigenvalue weighted by molar-refractivity contribution is 0.0982. The van der Waals surface area contributed by atoms with Crippen LogP contribution in [0.25, 0.3) is 0 Å². The Bertz CT molecular complexity index is 407. The van der Waals surface area contributed by atoms with Gasteiger partial charge in [0.1, 0.15) is 0 Å². The molecule has 0 radical (unpaired) electrons. The summed E-state index contributed by atoms with van der Waals surface area (Å²) in [7, 11) is 2.22. The number of rotatable bonds is 5. The fraction of sp³-hybridized carbons (Fsp3) is 0.733. The van der Waals surface area contributed by atoms with Gasteiger partial charge in [-0.25, -0.2) is 0 Å². The smallest absolute Gasteiger partial charge is 0.0701 e. The molecule has 0 bridgehead atoms. The van der Waals surface area contributed by atoms with Crippen molar-refractivity contribution in [3.8, 4) is 0 Å². The van der Waals surface area contributed by atoms with Crippen LogP contribution in [0.5, 0.6) is 0 Å². The molecule has 1 aliphatic carbocycles. The van der Waals surface area contributed by atoms with Crippen LogP contribution in [0.2, 0.25) is 0 Å². The molecule has 19 heavy (non-hydrogen) atoms. The molecule has 1 aromatic rings. The topological polar surface area (TPSA) is 29.3 Å². The van der Waals surface area contributed by atoms with E-state index in [1.807, 2.05) is 0 Å². The molecule has 0 saturated heterocycles. The Morgan fingerprint density at radius 3 is 2.95 bits per heavy atom. The van der Waals surface area contributed by atoms with Crippen LogP contribution in [0.3, 0.4) is 0 Å². The van der Waals surface area contributed by atoms with Crippen LogP contribution in [0.1, 0.15) is 38.2 Å². The van der Waals surface area contributed by atoms with E-state index in [2.05, 4.69) is 46.2 Å². The lowest BCUT2D eigenvalue weighted by Crippen LogP contribution is -2.43. The van der Waals surface area contributed by atoms with Gasteiger partial charge in [-0.2, -0.15) is 0 Å². The summed E-state index contributed by atoms with van der Waals surface area (Å²) in [5, 5.41) is 2.24. The molecule has 1 heterocycles. The van der Waals surface area contributed by atoms with Crippen LogP contribution in [0.4, 0.5) is 0 Å². The van der Waals surface area contributed by atoms with Crippen LogP contribution in [0.15, 0.2) is 15.2 Å². The van der Waals surface area contributed by atoms with Crippen molar-refractivity contribution >= 4 is 27.3 Å². The zero-order chi connectivity index (χ0) is 13.9. The normalized spacial score (nSPS) is 27.9. The van der Waals surface area contributed by atoms with Crippen LogP contribution in [-0.4, -0.2) is 25.0 Å². The third kappa shape index (κ3) is 4.28. The van der Waals surface area contributed by atoms with Crippen molar-refractivity contribution in [2.45, 2.75) is 39.2 Å². The van der Waals surface area contributed by atoms with Crippen molar-refractivity contribution in [1.29, 1.82) is 0 Å². The highest BCUT2D eigenvalue weighted by atomic mass is 79.9. The van der Waals surface area contributed by atoms with Crippen LogP contribution in [-0.2, 0) is 6.54 Å². The molecular formula is C15H25BrN2S. The van der Waals surface area contributed by atoms with E-state index in [9.17, 15) is 0 Å². The first-order valence-corrected chi connectivity index (χ1v) is 8.82. The van der Waals surface area contributed by atoms with Gasteiger partial charge in [-0.1, -0.05) is 19.8 Å². The molecule has 2 atom stereocenters. The summed E-state index contributed by atoms with van der Waals surface area (Å²) in [6.07, 6.45) is 5.31.